The number of hydrogen-bond acceptors (Lipinski definition) is 1. The molecule has 228 valence electrons. The van der Waals surface area contributed by atoms with E-state index in [1.54, 1.807) is 6.08 Å². The van der Waals surface area contributed by atoms with Crippen molar-refractivity contribution < 1.29 is 0 Å². The van der Waals surface area contributed by atoms with E-state index in [2.05, 4.69) is 168 Å². The molecule has 46 heavy (non-hydrogen) atoms. The summed E-state index contributed by atoms with van der Waals surface area (Å²) in [6.07, 6.45) is 14.9. The van der Waals surface area contributed by atoms with Crippen molar-refractivity contribution in [3.05, 3.63) is 188 Å². The highest BCUT2D eigenvalue weighted by Crippen LogP contribution is 2.38. The van der Waals surface area contributed by atoms with Gasteiger partial charge in [0.15, 0.2) is 0 Å². The van der Waals surface area contributed by atoms with Crippen LogP contribution in [0, 0.1) is 0 Å². The highest BCUT2D eigenvalue weighted by atomic mass is 15.1. The van der Waals surface area contributed by atoms with Crippen molar-refractivity contribution in [2.75, 3.05) is 4.90 Å². The third-order valence-electron chi connectivity index (χ3n) is 7.84. The molecule has 1 aliphatic rings. The average molecular weight is 599 g/mol. The Morgan fingerprint density at radius 1 is 0.652 bits per heavy atom. The van der Waals surface area contributed by atoms with Crippen molar-refractivity contribution >= 4 is 33.2 Å². The number of aromatic nitrogens is 1. The van der Waals surface area contributed by atoms with E-state index < -0.39 is 0 Å². The SMILES string of the molecule is C=C/C=C\C.C=C1/C=C\C=C/Cc2cc(-c3ccc4c(c3)c3ccccc3n4-c3ccccc3)ccc2N1c1ccccc1.CC. The Hall–Kier alpha value is -5.60. The van der Waals surface area contributed by atoms with E-state index in [9.17, 15) is 0 Å². The molecule has 1 aliphatic heterocycles. The van der Waals surface area contributed by atoms with Crippen LogP contribution in [-0.2, 0) is 6.42 Å². The molecular formula is C44H42N2. The van der Waals surface area contributed by atoms with Gasteiger partial charge in [-0.1, -0.05) is 130 Å². The lowest BCUT2D eigenvalue weighted by Gasteiger charge is -2.28. The van der Waals surface area contributed by atoms with Crippen molar-refractivity contribution in [3.8, 4) is 16.8 Å². The molecule has 0 saturated heterocycles. The third-order valence-corrected chi connectivity index (χ3v) is 7.84. The summed E-state index contributed by atoms with van der Waals surface area (Å²) >= 11 is 0. The fourth-order valence-electron chi connectivity index (χ4n) is 5.84. The summed E-state index contributed by atoms with van der Waals surface area (Å²) in [4.78, 5) is 2.25. The van der Waals surface area contributed by atoms with E-state index >= 15 is 0 Å². The molecule has 0 amide bonds. The molecule has 6 aromatic rings. The van der Waals surface area contributed by atoms with Gasteiger partial charge < -0.3 is 9.47 Å². The van der Waals surface area contributed by atoms with E-state index in [-0.39, 0.29) is 0 Å². The van der Waals surface area contributed by atoms with Crippen molar-refractivity contribution in [3.63, 3.8) is 0 Å². The quantitative estimate of drug-likeness (QED) is 0.183. The normalized spacial score (nSPS) is 13.8. The first kappa shape index (κ1) is 31.8. The number of allylic oxidation sites excluding steroid dienone is 7. The van der Waals surface area contributed by atoms with Gasteiger partial charge in [0.25, 0.3) is 0 Å². The van der Waals surface area contributed by atoms with Gasteiger partial charge in [0.1, 0.15) is 0 Å². The van der Waals surface area contributed by atoms with Crippen LogP contribution in [0.5, 0.6) is 0 Å². The highest BCUT2D eigenvalue weighted by molar-refractivity contribution is 6.10. The van der Waals surface area contributed by atoms with Crippen LogP contribution in [0.4, 0.5) is 11.4 Å². The zero-order valence-corrected chi connectivity index (χ0v) is 27.1. The Morgan fingerprint density at radius 3 is 1.98 bits per heavy atom. The summed E-state index contributed by atoms with van der Waals surface area (Å²) in [7, 11) is 0. The number of benzene rings is 5. The molecule has 2 nitrogen and oxygen atoms in total. The van der Waals surface area contributed by atoms with E-state index in [1.807, 2.05) is 32.9 Å². The minimum atomic E-state index is 0.847. The molecule has 0 radical (unpaired) electrons. The number of nitrogens with zero attached hydrogens (tertiary/aromatic N) is 2. The van der Waals surface area contributed by atoms with Crippen LogP contribution in [0.2, 0.25) is 0 Å². The molecule has 0 bridgehead atoms. The third kappa shape index (κ3) is 6.72. The van der Waals surface area contributed by atoms with Crippen LogP contribution >= 0.6 is 0 Å². The molecule has 0 unspecified atom stereocenters. The van der Waals surface area contributed by atoms with E-state index in [0.29, 0.717) is 0 Å². The predicted molar refractivity (Wildman–Crippen MR) is 202 cm³/mol. The van der Waals surface area contributed by atoms with Crippen LogP contribution in [0.25, 0.3) is 38.6 Å². The number of anilines is 2. The first-order valence-electron chi connectivity index (χ1n) is 16.0. The van der Waals surface area contributed by atoms with Crippen molar-refractivity contribution in [1.29, 1.82) is 0 Å². The molecule has 2 heteroatoms. The Labute approximate surface area is 274 Å². The Bertz CT molecular complexity index is 2020. The lowest BCUT2D eigenvalue weighted by atomic mass is 9.97. The number of rotatable bonds is 4. The van der Waals surface area contributed by atoms with Gasteiger partial charge in [-0.25, -0.2) is 0 Å². The largest absolute Gasteiger partial charge is 0.311 e. The average Bonchev–Trinajstić information content (AvgIpc) is 3.48. The Kier molecular flexibility index (Phi) is 10.7. The number of hydrogen-bond donors (Lipinski definition) is 0. The second kappa shape index (κ2) is 15.4. The lowest BCUT2D eigenvalue weighted by molar-refractivity contribution is 1.17. The molecule has 0 saturated carbocycles. The molecule has 0 spiro atoms. The smallest absolute Gasteiger partial charge is 0.0541 e. The maximum absolute atomic E-state index is 4.39. The van der Waals surface area contributed by atoms with Gasteiger partial charge in [0, 0.05) is 33.5 Å². The summed E-state index contributed by atoms with van der Waals surface area (Å²) in [5.41, 5.74) is 10.5. The minimum absolute atomic E-state index is 0.847. The predicted octanol–water partition coefficient (Wildman–Crippen LogP) is 12.5. The Morgan fingerprint density at radius 2 is 1.28 bits per heavy atom. The molecule has 2 heterocycles. The summed E-state index contributed by atoms with van der Waals surface area (Å²) < 4.78 is 2.36. The van der Waals surface area contributed by atoms with Crippen LogP contribution in [0.15, 0.2) is 183 Å². The lowest BCUT2D eigenvalue weighted by Crippen LogP contribution is -2.15. The van der Waals surface area contributed by atoms with Crippen LogP contribution in [0.3, 0.4) is 0 Å². The molecule has 0 fully saturated rings. The summed E-state index contributed by atoms with van der Waals surface area (Å²) in [6.45, 7) is 13.8. The number of para-hydroxylation sites is 3. The van der Waals surface area contributed by atoms with Gasteiger partial charge >= 0.3 is 0 Å². The van der Waals surface area contributed by atoms with Gasteiger partial charge in [0.05, 0.1) is 11.0 Å². The van der Waals surface area contributed by atoms with Crippen LogP contribution in [-0.4, -0.2) is 4.57 Å². The van der Waals surface area contributed by atoms with Gasteiger partial charge in [-0.3, -0.25) is 0 Å². The van der Waals surface area contributed by atoms with Crippen molar-refractivity contribution in [1.82, 2.24) is 4.57 Å². The van der Waals surface area contributed by atoms with Gasteiger partial charge in [0.2, 0.25) is 0 Å². The topological polar surface area (TPSA) is 8.17 Å². The molecule has 0 atom stereocenters. The van der Waals surface area contributed by atoms with Gasteiger partial charge in [-0.2, -0.15) is 0 Å². The monoisotopic (exact) mass is 598 g/mol. The van der Waals surface area contributed by atoms with E-state index in [1.165, 1.54) is 44.2 Å². The maximum Gasteiger partial charge on any atom is 0.0541 e. The minimum Gasteiger partial charge on any atom is -0.311 e. The zero-order valence-electron chi connectivity index (χ0n) is 27.1. The maximum atomic E-state index is 4.39. The van der Waals surface area contributed by atoms with Crippen LogP contribution in [0.1, 0.15) is 26.3 Å². The molecular weight excluding hydrogens is 556 g/mol. The fourth-order valence-corrected chi connectivity index (χ4v) is 5.84. The van der Waals surface area contributed by atoms with Gasteiger partial charge in [-0.15, -0.1) is 0 Å². The van der Waals surface area contributed by atoms with Gasteiger partial charge in [-0.05, 0) is 90.7 Å². The standard InChI is InChI=1S/C37H28N2.C5H8.C2H6/c1-27-13-5-2-6-14-30-25-28(21-23-35(30)38(27)31-15-7-3-8-16-31)29-22-24-37-34(26-29)33-19-11-12-20-36(33)39(37)32-17-9-4-10-18-32;1-3-5-4-2;1-2/h2-13,15-26H,1,14H2;3-5H,1H2,2H3;1-2H3/b6-2-,13-5-;5-4-;. The van der Waals surface area contributed by atoms with E-state index in [4.69, 9.17) is 0 Å². The first-order valence-corrected chi connectivity index (χ1v) is 16.0. The zero-order chi connectivity index (χ0) is 32.3. The van der Waals surface area contributed by atoms with Crippen LogP contribution < -0.4 is 4.90 Å². The molecule has 5 aromatic carbocycles. The summed E-state index contributed by atoms with van der Waals surface area (Å²) in [6, 6.07) is 43.5. The van der Waals surface area contributed by atoms with Crippen molar-refractivity contribution in [2.45, 2.75) is 27.2 Å². The Balaban J connectivity index is 0.000000546. The highest BCUT2D eigenvalue weighted by Gasteiger charge is 2.18. The number of fused-ring (bicyclic) bond motifs is 4. The fraction of sp³-hybridized carbons (Fsp3) is 0.0909. The summed E-state index contributed by atoms with van der Waals surface area (Å²) in [5.74, 6) is 0. The molecule has 7 rings (SSSR count). The molecule has 0 aliphatic carbocycles. The second-order valence-electron chi connectivity index (χ2n) is 10.7. The van der Waals surface area contributed by atoms with E-state index in [0.717, 1.165) is 23.5 Å². The first-order chi connectivity index (χ1) is 22.7. The second-order valence-corrected chi connectivity index (χ2v) is 10.7. The van der Waals surface area contributed by atoms with Crippen molar-refractivity contribution in [2.24, 2.45) is 0 Å². The summed E-state index contributed by atoms with van der Waals surface area (Å²) in [5, 5.41) is 2.53. The molecule has 0 N–H and O–H groups in total. The molecule has 1 aromatic heterocycles.